The predicted molar refractivity (Wildman–Crippen MR) is 123 cm³/mol. The molecule has 9 nitrogen and oxygen atoms in total. The standard InChI is InChI=1S/C23H23N3O6S/c1-17-8-9-19(26(28)29)14-22(17)24-23(27)16-32-20-10-12-21(13-11-20)33(30,31)25(2)15-18-6-4-3-5-7-18/h3-14H,15-16H2,1-2H3,(H,24,27). The number of rotatable bonds is 9. The molecule has 33 heavy (non-hydrogen) atoms. The van der Waals surface area contributed by atoms with Crippen LogP contribution in [0.2, 0.25) is 0 Å². The smallest absolute Gasteiger partial charge is 0.271 e. The Labute approximate surface area is 191 Å². The Kier molecular flexibility index (Phi) is 7.41. The van der Waals surface area contributed by atoms with Crippen LogP contribution in [0.15, 0.2) is 77.7 Å². The number of aryl methyl sites for hydroxylation is 1. The summed E-state index contributed by atoms with van der Waals surface area (Å²) in [6, 6.07) is 19.2. The quantitative estimate of drug-likeness (QED) is 0.377. The first-order valence-corrected chi connectivity index (χ1v) is 11.4. The molecule has 0 bridgehead atoms. The molecule has 0 aliphatic carbocycles. The molecule has 0 aliphatic heterocycles. The minimum atomic E-state index is -3.70. The molecule has 3 rings (SSSR count). The number of nitrogens with zero attached hydrogens (tertiary/aromatic N) is 2. The molecule has 0 unspecified atom stereocenters. The Morgan fingerprint density at radius 3 is 2.36 bits per heavy atom. The fourth-order valence-corrected chi connectivity index (χ4v) is 4.17. The van der Waals surface area contributed by atoms with Crippen LogP contribution in [0.3, 0.4) is 0 Å². The van der Waals surface area contributed by atoms with E-state index in [1.807, 2.05) is 30.3 Å². The van der Waals surface area contributed by atoms with Crippen molar-refractivity contribution in [2.24, 2.45) is 0 Å². The number of amides is 1. The lowest BCUT2D eigenvalue weighted by molar-refractivity contribution is -0.384. The molecule has 0 spiro atoms. The average Bonchev–Trinajstić information content (AvgIpc) is 2.80. The number of hydrogen-bond donors (Lipinski definition) is 1. The van der Waals surface area contributed by atoms with Gasteiger partial charge in [0.2, 0.25) is 10.0 Å². The number of sulfonamides is 1. The van der Waals surface area contributed by atoms with Crippen molar-refractivity contribution < 1.29 is 22.9 Å². The van der Waals surface area contributed by atoms with E-state index in [4.69, 9.17) is 4.74 Å². The maximum Gasteiger partial charge on any atom is 0.271 e. The number of ether oxygens (including phenoxy) is 1. The lowest BCUT2D eigenvalue weighted by Gasteiger charge is -2.17. The van der Waals surface area contributed by atoms with Crippen molar-refractivity contribution in [3.05, 3.63) is 94.0 Å². The van der Waals surface area contributed by atoms with Crippen LogP contribution in [0.25, 0.3) is 0 Å². The number of non-ortho nitro benzene ring substituents is 1. The van der Waals surface area contributed by atoms with Gasteiger partial charge in [-0.3, -0.25) is 14.9 Å². The van der Waals surface area contributed by atoms with Crippen LogP contribution >= 0.6 is 0 Å². The highest BCUT2D eigenvalue weighted by Crippen LogP contribution is 2.23. The van der Waals surface area contributed by atoms with Crippen LogP contribution in [0.4, 0.5) is 11.4 Å². The molecule has 0 aromatic heterocycles. The maximum absolute atomic E-state index is 12.8. The molecule has 1 N–H and O–H groups in total. The van der Waals surface area contributed by atoms with Gasteiger partial charge in [-0.1, -0.05) is 36.4 Å². The molecule has 172 valence electrons. The zero-order valence-electron chi connectivity index (χ0n) is 18.1. The molecule has 0 saturated carbocycles. The third-order valence-electron chi connectivity index (χ3n) is 4.86. The fourth-order valence-electron chi connectivity index (χ4n) is 3.01. The molecule has 0 aliphatic rings. The second-order valence-corrected chi connectivity index (χ2v) is 9.36. The first-order chi connectivity index (χ1) is 15.7. The van der Waals surface area contributed by atoms with E-state index in [0.29, 0.717) is 17.0 Å². The van der Waals surface area contributed by atoms with Crippen molar-refractivity contribution in [1.29, 1.82) is 0 Å². The fraction of sp³-hybridized carbons (Fsp3) is 0.174. The van der Waals surface area contributed by atoms with E-state index in [9.17, 15) is 23.3 Å². The summed E-state index contributed by atoms with van der Waals surface area (Å²) in [4.78, 5) is 22.7. The number of benzene rings is 3. The van der Waals surface area contributed by atoms with Gasteiger partial charge in [-0.25, -0.2) is 8.42 Å². The second-order valence-electron chi connectivity index (χ2n) is 7.31. The predicted octanol–water partition coefficient (Wildman–Crippen LogP) is 3.74. The summed E-state index contributed by atoms with van der Waals surface area (Å²) in [6.45, 7) is 1.61. The van der Waals surface area contributed by atoms with E-state index in [0.717, 1.165) is 5.56 Å². The first-order valence-electron chi connectivity index (χ1n) is 9.95. The van der Waals surface area contributed by atoms with E-state index in [-0.39, 0.29) is 23.7 Å². The Morgan fingerprint density at radius 2 is 1.73 bits per heavy atom. The number of nitrogens with one attached hydrogen (secondary N) is 1. The molecule has 3 aromatic carbocycles. The van der Waals surface area contributed by atoms with E-state index >= 15 is 0 Å². The van der Waals surface area contributed by atoms with E-state index in [1.165, 1.54) is 47.8 Å². The summed E-state index contributed by atoms with van der Waals surface area (Å²) in [6.07, 6.45) is 0. The van der Waals surface area contributed by atoms with Crippen LogP contribution in [0.1, 0.15) is 11.1 Å². The second kappa shape index (κ2) is 10.2. The molecule has 0 atom stereocenters. The summed E-state index contributed by atoms with van der Waals surface area (Å²) in [7, 11) is -2.19. The SMILES string of the molecule is Cc1ccc([N+](=O)[O-])cc1NC(=O)COc1ccc(S(=O)(=O)N(C)Cc2ccccc2)cc1. The highest BCUT2D eigenvalue weighted by atomic mass is 32.2. The monoisotopic (exact) mass is 469 g/mol. The number of nitro groups is 1. The third kappa shape index (κ3) is 6.15. The van der Waals surface area contributed by atoms with Gasteiger partial charge in [0.1, 0.15) is 5.75 Å². The third-order valence-corrected chi connectivity index (χ3v) is 6.67. The van der Waals surface area contributed by atoms with Crippen molar-refractivity contribution in [3.63, 3.8) is 0 Å². The Bertz CT molecular complexity index is 1240. The summed E-state index contributed by atoms with van der Waals surface area (Å²) in [5, 5.41) is 13.5. The molecule has 0 fully saturated rings. The lowest BCUT2D eigenvalue weighted by Crippen LogP contribution is -2.26. The molecule has 3 aromatic rings. The van der Waals surface area contributed by atoms with E-state index in [2.05, 4.69) is 5.32 Å². The van der Waals surface area contributed by atoms with Crippen LogP contribution in [0, 0.1) is 17.0 Å². The number of anilines is 1. The maximum atomic E-state index is 12.8. The summed E-state index contributed by atoms with van der Waals surface area (Å²) >= 11 is 0. The molecule has 0 heterocycles. The zero-order valence-corrected chi connectivity index (χ0v) is 18.9. The minimum Gasteiger partial charge on any atom is -0.484 e. The largest absolute Gasteiger partial charge is 0.484 e. The Hall–Kier alpha value is -3.76. The van der Waals surface area contributed by atoms with Crippen LogP contribution in [-0.4, -0.2) is 37.2 Å². The van der Waals surface area contributed by atoms with Gasteiger partial charge in [0.15, 0.2) is 6.61 Å². The highest BCUT2D eigenvalue weighted by molar-refractivity contribution is 7.89. The van der Waals surface area contributed by atoms with E-state index < -0.39 is 20.9 Å². The van der Waals surface area contributed by atoms with Gasteiger partial charge >= 0.3 is 0 Å². The number of carbonyl (C=O) groups excluding carboxylic acids is 1. The lowest BCUT2D eigenvalue weighted by atomic mass is 10.2. The molecule has 0 saturated heterocycles. The highest BCUT2D eigenvalue weighted by Gasteiger charge is 2.21. The first kappa shape index (κ1) is 23.9. The van der Waals surface area contributed by atoms with Crippen molar-refractivity contribution in [2.75, 3.05) is 19.0 Å². The Balaban J connectivity index is 1.60. The Morgan fingerprint density at radius 1 is 1.06 bits per heavy atom. The molecule has 1 amide bonds. The van der Waals surface area contributed by atoms with E-state index in [1.54, 1.807) is 13.0 Å². The number of hydrogen-bond acceptors (Lipinski definition) is 6. The summed E-state index contributed by atoms with van der Waals surface area (Å²) in [5.41, 5.74) is 1.73. The molecular formula is C23H23N3O6S. The van der Waals surface area contributed by atoms with Gasteiger partial charge in [-0.15, -0.1) is 0 Å². The average molecular weight is 470 g/mol. The van der Waals surface area contributed by atoms with Gasteiger partial charge in [0, 0.05) is 25.7 Å². The van der Waals surface area contributed by atoms with Crippen molar-refractivity contribution >= 4 is 27.3 Å². The molecule has 10 heteroatoms. The van der Waals surface area contributed by atoms with Crippen molar-refractivity contribution in [1.82, 2.24) is 4.31 Å². The van der Waals surface area contributed by atoms with Crippen molar-refractivity contribution in [3.8, 4) is 5.75 Å². The minimum absolute atomic E-state index is 0.102. The van der Waals surface area contributed by atoms with Crippen LogP contribution in [0.5, 0.6) is 5.75 Å². The van der Waals surface area contributed by atoms with Crippen LogP contribution < -0.4 is 10.1 Å². The van der Waals surface area contributed by atoms with Gasteiger partial charge in [0.05, 0.1) is 15.5 Å². The van der Waals surface area contributed by atoms with Crippen LogP contribution in [-0.2, 0) is 21.4 Å². The topological polar surface area (TPSA) is 119 Å². The van der Waals surface area contributed by atoms with Gasteiger partial charge in [-0.2, -0.15) is 4.31 Å². The zero-order chi connectivity index (χ0) is 24.0. The number of carbonyl (C=O) groups is 1. The summed E-state index contributed by atoms with van der Waals surface area (Å²) < 4.78 is 32.3. The molecule has 0 radical (unpaired) electrons. The van der Waals surface area contributed by atoms with Gasteiger partial charge < -0.3 is 10.1 Å². The number of nitro benzene ring substituents is 1. The van der Waals surface area contributed by atoms with Gasteiger partial charge in [0.25, 0.3) is 11.6 Å². The van der Waals surface area contributed by atoms with Crippen molar-refractivity contribution in [2.45, 2.75) is 18.4 Å². The molecular weight excluding hydrogens is 446 g/mol. The normalized spacial score (nSPS) is 11.2. The van der Waals surface area contributed by atoms with Gasteiger partial charge in [-0.05, 0) is 42.3 Å². The summed E-state index contributed by atoms with van der Waals surface area (Å²) in [5.74, 6) is -0.191.